The Hall–Kier alpha value is 0.169. The van der Waals surface area contributed by atoms with Crippen LogP contribution in [0.5, 0.6) is 0 Å². The topological polar surface area (TPSA) is 0 Å². The van der Waals surface area contributed by atoms with Crippen LogP contribution in [0.15, 0.2) is 0 Å². The van der Waals surface area contributed by atoms with Crippen LogP contribution in [0.4, 0.5) is 39.5 Å². The van der Waals surface area contributed by atoms with Crippen molar-refractivity contribution < 1.29 is 39.5 Å². The SMILES string of the molecule is [CH3][Sn]([CH2]CC(F)(F)F)([CH2]CC(F)(F)F)[CH2]CC(F)(F)F. The van der Waals surface area contributed by atoms with Crippen molar-refractivity contribution in [2.45, 2.75) is 56.0 Å². The number of rotatable bonds is 6. The van der Waals surface area contributed by atoms with E-state index in [1.54, 1.807) is 0 Å². The first-order valence-corrected chi connectivity index (χ1v) is 14.7. The van der Waals surface area contributed by atoms with Gasteiger partial charge in [0, 0.05) is 0 Å². The molecule has 0 aromatic heterocycles. The Morgan fingerprint density at radius 3 is 0.900 bits per heavy atom. The first kappa shape index (κ1) is 20.2. The fraction of sp³-hybridized carbons (Fsp3) is 1.00. The van der Waals surface area contributed by atoms with E-state index in [9.17, 15) is 39.5 Å². The van der Waals surface area contributed by atoms with E-state index in [0.717, 1.165) is 0 Å². The molecule has 0 aliphatic carbocycles. The number of hydrogen-bond acceptors (Lipinski definition) is 0. The van der Waals surface area contributed by atoms with E-state index in [1.807, 2.05) is 0 Å². The van der Waals surface area contributed by atoms with Crippen molar-refractivity contribution in [3.05, 3.63) is 0 Å². The first-order valence-electron chi connectivity index (χ1n) is 5.82. The number of alkyl halides is 9. The van der Waals surface area contributed by atoms with Gasteiger partial charge >= 0.3 is 114 Å². The van der Waals surface area contributed by atoms with E-state index in [1.165, 1.54) is 4.94 Å². The number of hydrogen-bond donors (Lipinski definition) is 0. The third kappa shape index (κ3) is 12.0. The van der Waals surface area contributed by atoms with Gasteiger partial charge in [-0.3, -0.25) is 0 Å². The van der Waals surface area contributed by atoms with Gasteiger partial charge in [-0.25, -0.2) is 0 Å². The molecule has 0 rings (SSSR count). The van der Waals surface area contributed by atoms with E-state index >= 15 is 0 Å². The van der Waals surface area contributed by atoms with Crippen LogP contribution in [-0.4, -0.2) is 36.9 Å². The maximum absolute atomic E-state index is 12.1. The molecule has 0 nitrogen and oxygen atoms in total. The summed E-state index contributed by atoms with van der Waals surface area (Å²) in [5.41, 5.74) is 0. The minimum atomic E-state index is -4.55. The Balaban J connectivity index is 4.66. The van der Waals surface area contributed by atoms with Crippen LogP contribution < -0.4 is 0 Å². The molecule has 0 aliphatic heterocycles. The average molecular weight is 425 g/mol. The zero-order valence-electron chi connectivity index (χ0n) is 10.6. The van der Waals surface area contributed by atoms with Crippen LogP contribution in [0.1, 0.15) is 19.3 Å². The molecule has 0 heterocycles. The van der Waals surface area contributed by atoms with E-state index in [-0.39, 0.29) is 0 Å². The summed E-state index contributed by atoms with van der Waals surface area (Å²) in [5, 5.41) is 0. The molecule has 0 unspecified atom stereocenters. The van der Waals surface area contributed by atoms with Crippen molar-refractivity contribution in [2.75, 3.05) is 0 Å². The normalized spacial score (nSPS) is 14.7. The molecule has 0 fully saturated rings. The van der Waals surface area contributed by atoms with Crippen LogP contribution in [0, 0.1) is 0 Å². The van der Waals surface area contributed by atoms with Crippen molar-refractivity contribution in [2.24, 2.45) is 0 Å². The minimum absolute atomic E-state index is 0.537. The Kier molecular flexibility index (Phi) is 7.01. The van der Waals surface area contributed by atoms with Crippen molar-refractivity contribution in [3.8, 4) is 0 Å². The summed E-state index contributed by atoms with van der Waals surface area (Å²) < 4.78 is 108. The number of halogens is 9. The summed E-state index contributed by atoms with van der Waals surface area (Å²) in [5.74, 6) is 0. The monoisotopic (exact) mass is 426 g/mol. The van der Waals surface area contributed by atoms with Crippen LogP contribution in [-0.2, 0) is 0 Å². The second kappa shape index (κ2) is 6.95. The average Bonchev–Trinajstić information content (AvgIpc) is 2.18. The van der Waals surface area contributed by atoms with Crippen LogP contribution in [0.3, 0.4) is 0 Å². The summed E-state index contributed by atoms with van der Waals surface area (Å²) >= 11 is -4.06. The predicted octanol–water partition coefficient (Wildman–Crippen LogP) is 5.92. The Morgan fingerprint density at radius 1 is 0.550 bits per heavy atom. The summed E-state index contributed by atoms with van der Waals surface area (Å²) in [6.07, 6.45) is -17.5. The third-order valence-corrected chi connectivity index (χ3v) is 15.5. The molecule has 0 atom stereocenters. The molecule has 0 saturated carbocycles. The zero-order chi connectivity index (χ0) is 16.2. The zero-order valence-corrected chi connectivity index (χ0v) is 13.5. The molecule has 0 aliphatic rings. The van der Waals surface area contributed by atoms with Gasteiger partial charge in [-0.2, -0.15) is 0 Å². The molecule has 0 N–H and O–H groups in total. The summed E-state index contributed by atoms with van der Waals surface area (Å²) in [6, 6.07) is 0. The molecular formula is C10H15F9Sn. The molecule has 0 aromatic carbocycles. The maximum atomic E-state index is 12.1. The second-order valence-electron chi connectivity index (χ2n) is 5.16. The summed E-state index contributed by atoms with van der Waals surface area (Å²) in [6.45, 7) is 0. The molecule has 0 bridgehead atoms. The molecule has 122 valence electrons. The summed E-state index contributed by atoms with van der Waals surface area (Å²) in [7, 11) is 0. The molecule has 0 saturated heterocycles. The van der Waals surface area contributed by atoms with Gasteiger partial charge in [0.1, 0.15) is 0 Å². The van der Waals surface area contributed by atoms with Gasteiger partial charge in [-0.15, -0.1) is 0 Å². The first-order chi connectivity index (χ1) is 8.62. The van der Waals surface area contributed by atoms with E-state index in [4.69, 9.17) is 0 Å². The molecular weight excluding hydrogens is 410 g/mol. The van der Waals surface area contributed by atoms with Crippen molar-refractivity contribution in [1.29, 1.82) is 0 Å². The Labute approximate surface area is 114 Å². The molecule has 10 heteroatoms. The van der Waals surface area contributed by atoms with Gasteiger partial charge in [-0.1, -0.05) is 0 Å². The molecule has 20 heavy (non-hydrogen) atoms. The third-order valence-electron chi connectivity index (χ3n) is 3.04. The van der Waals surface area contributed by atoms with Crippen LogP contribution in [0.2, 0.25) is 18.2 Å². The van der Waals surface area contributed by atoms with E-state index in [0.29, 0.717) is 0 Å². The van der Waals surface area contributed by atoms with Gasteiger partial charge in [0.05, 0.1) is 0 Å². The standard InChI is InChI=1S/3C3H4F3.CH3.Sn/c3*1-2-3(4,5)6;;/h3*1-2H2;1H3;. The summed E-state index contributed by atoms with van der Waals surface area (Å²) in [4.78, 5) is 1.25. The quantitative estimate of drug-likeness (QED) is 0.366. The van der Waals surface area contributed by atoms with Gasteiger partial charge in [0.25, 0.3) is 0 Å². The fourth-order valence-corrected chi connectivity index (χ4v) is 11.4. The van der Waals surface area contributed by atoms with Gasteiger partial charge in [0.15, 0.2) is 0 Å². The van der Waals surface area contributed by atoms with E-state index in [2.05, 4.69) is 0 Å². The van der Waals surface area contributed by atoms with Crippen LogP contribution in [0.25, 0.3) is 0 Å². The molecule has 0 spiro atoms. The predicted molar refractivity (Wildman–Crippen MR) is 58.1 cm³/mol. The Morgan fingerprint density at radius 2 is 0.750 bits per heavy atom. The van der Waals surface area contributed by atoms with Gasteiger partial charge in [-0.05, 0) is 0 Å². The van der Waals surface area contributed by atoms with Crippen LogP contribution >= 0.6 is 0 Å². The molecule has 0 aromatic rings. The van der Waals surface area contributed by atoms with Gasteiger partial charge < -0.3 is 0 Å². The molecule has 0 amide bonds. The van der Waals surface area contributed by atoms with Gasteiger partial charge in [0.2, 0.25) is 0 Å². The van der Waals surface area contributed by atoms with E-state index < -0.39 is 69.5 Å². The Bertz CT molecular complexity index is 243. The second-order valence-corrected chi connectivity index (χ2v) is 19.8. The van der Waals surface area contributed by atoms with Crippen molar-refractivity contribution >= 4 is 18.4 Å². The fourth-order valence-electron chi connectivity index (χ4n) is 1.71. The molecule has 0 radical (unpaired) electrons. The van der Waals surface area contributed by atoms with Crippen molar-refractivity contribution in [1.82, 2.24) is 0 Å². The van der Waals surface area contributed by atoms with Crippen molar-refractivity contribution in [3.63, 3.8) is 0 Å².